The first-order valence-electron chi connectivity index (χ1n) is 6.12. The molecule has 4 N–H and O–H groups in total. The summed E-state index contributed by atoms with van der Waals surface area (Å²) in [6.07, 6.45) is 0. The van der Waals surface area contributed by atoms with E-state index in [0.29, 0.717) is 6.54 Å². The molecule has 1 aromatic rings. The molecule has 1 heterocycles. The van der Waals surface area contributed by atoms with Gasteiger partial charge in [-0.25, -0.2) is 0 Å². The molecule has 2 rings (SSSR count). The van der Waals surface area contributed by atoms with Crippen LogP contribution in [0.25, 0.3) is 0 Å². The third-order valence-corrected chi connectivity index (χ3v) is 3.37. The highest BCUT2D eigenvalue weighted by atomic mass is 16.1. The van der Waals surface area contributed by atoms with E-state index in [4.69, 9.17) is 11.5 Å². The summed E-state index contributed by atoms with van der Waals surface area (Å²) in [6, 6.07) is 8.04. The number of benzene rings is 1. The molecule has 1 aromatic carbocycles. The van der Waals surface area contributed by atoms with Crippen molar-refractivity contribution in [3.05, 3.63) is 29.8 Å². The van der Waals surface area contributed by atoms with Crippen LogP contribution in [0.2, 0.25) is 0 Å². The molecule has 0 spiro atoms. The molecule has 1 fully saturated rings. The van der Waals surface area contributed by atoms with Crippen LogP contribution in [0.15, 0.2) is 24.3 Å². The second-order valence-electron chi connectivity index (χ2n) is 4.88. The van der Waals surface area contributed by atoms with Crippen LogP contribution >= 0.6 is 0 Å². The second-order valence-corrected chi connectivity index (χ2v) is 4.88. The predicted octanol–water partition coefficient (Wildman–Crippen LogP) is 0.0426. The molecule has 0 bridgehead atoms. The summed E-state index contributed by atoms with van der Waals surface area (Å²) < 4.78 is 0. The molecule has 0 aliphatic carbocycles. The number of carbonyl (C=O) groups excluding carboxylic acids is 1. The lowest BCUT2D eigenvalue weighted by atomic mass is 10.0. The predicted molar refractivity (Wildman–Crippen MR) is 71.9 cm³/mol. The minimum atomic E-state index is -0.278. The van der Waals surface area contributed by atoms with E-state index in [2.05, 4.69) is 16.8 Å². The summed E-state index contributed by atoms with van der Waals surface area (Å²) in [4.78, 5) is 15.5. The van der Waals surface area contributed by atoms with Gasteiger partial charge in [0.05, 0.1) is 6.54 Å². The zero-order chi connectivity index (χ0) is 13.1. The third-order valence-electron chi connectivity index (χ3n) is 3.37. The Morgan fingerprint density at radius 3 is 2.61 bits per heavy atom. The smallest absolute Gasteiger partial charge is 0.231 e. The first kappa shape index (κ1) is 12.9. The third kappa shape index (κ3) is 3.00. The number of rotatable bonds is 3. The Hall–Kier alpha value is -1.59. The number of primary amides is 1. The molecule has 98 valence electrons. The molecule has 1 aliphatic heterocycles. The number of nitrogens with two attached hydrogens (primary N) is 2. The Kier molecular flexibility index (Phi) is 3.84. The van der Waals surface area contributed by atoms with Gasteiger partial charge in [-0.05, 0) is 24.7 Å². The van der Waals surface area contributed by atoms with Crippen molar-refractivity contribution < 1.29 is 4.79 Å². The van der Waals surface area contributed by atoms with Gasteiger partial charge in [0.15, 0.2) is 0 Å². The fourth-order valence-electron chi connectivity index (χ4n) is 2.38. The minimum absolute atomic E-state index is 0.205. The van der Waals surface area contributed by atoms with E-state index in [-0.39, 0.29) is 11.9 Å². The molecule has 18 heavy (non-hydrogen) atoms. The average molecular weight is 248 g/mol. The largest absolute Gasteiger partial charge is 0.399 e. The maximum Gasteiger partial charge on any atom is 0.231 e. The van der Waals surface area contributed by atoms with Gasteiger partial charge in [0.25, 0.3) is 0 Å². The van der Waals surface area contributed by atoms with Crippen LogP contribution in [-0.2, 0) is 4.79 Å². The van der Waals surface area contributed by atoms with Crippen molar-refractivity contribution in [2.45, 2.75) is 6.04 Å². The molecule has 1 unspecified atom stereocenters. The highest BCUT2D eigenvalue weighted by Gasteiger charge is 2.27. The molecule has 1 amide bonds. The van der Waals surface area contributed by atoms with Gasteiger partial charge in [-0.15, -0.1) is 0 Å². The number of hydrogen-bond donors (Lipinski definition) is 2. The van der Waals surface area contributed by atoms with E-state index in [9.17, 15) is 4.79 Å². The van der Waals surface area contributed by atoms with Crippen molar-refractivity contribution in [2.24, 2.45) is 5.73 Å². The van der Waals surface area contributed by atoms with E-state index in [1.807, 2.05) is 24.3 Å². The lowest BCUT2D eigenvalue weighted by Gasteiger charge is -2.39. The van der Waals surface area contributed by atoms with Crippen LogP contribution < -0.4 is 11.5 Å². The van der Waals surface area contributed by atoms with E-state index >= 15 is 0 Å². The summed E-state index contributed by atoms with van der Waals surface area (Å²) in [7, 11) is 2.09. The van der Waals surface area contributed by atoms with Gasteiger partial charge >= 0.3 is 0 Å². The van der Waals surface area contributed by atoms with Gasteiger partial charge in [-0.1, -0.05) is 12.1 Å². The molecular formula is C13H20N4O. The quantitative estimate of drug-likeness (QED) is 0.741. The van der Waals surface area contributed by atoms with E-state index in [1.165, 1.54) is 5.56 Å². The number of hydrogen-bond acceptors (Lipinski definition) is 4. The monoisotopic (exact) mass is 248 g/mol. The molecule has 1 saturated heterocycles. The molecule has 5 heteroatoms. The maximum atomic E-state index is 11.1. The minimum Gasteiger partial charge on any atom is -0.399 e. The lowest BCUT2D eigenvalue weighted by Crippen LogP contribution is -2.49. The summed E-state index contributed by atoms with van der Waals surface area (Å²) in [6.45, 7) is 3.02. The number of amides is 1. The van der Waals surface area contributed by atoms with Crippen molar-refractivity contribution >= 4 is 11.6 Å². The van der Waals surface area contributed by atoms with Gasteiger partial charge in [-0.2, -0.15) is 0 Å². The average Bonchev–Trinajstić information content (AvgIpc) is 2.32. The van der Waals surface area contributed by atoms with Crippen molar-refractivity contribution in [1.82, 2.24) is 9.80 Å². The Morgan fingerprint density at radius 1 is 1.33 bits per heavy atom. The molecule has 0 radical (unpaired) electrons. The van der Waals surface area contributed by atoms with Crippen LogP contribution in [0.1, 0.15) is 11.6 Å². The molecule has 0 saturated carbocycles. The molecule has 5 nitrogen and oxygen atoms in total. The Bertz CT molecular complexity index is 418. The van der Waals surface area contributed by atoms with E-state index in [0.717, 1.165) is 25.3 Å². The van der Waals surface area contributed by atoms with Crippen molar-refractivity contribution in [3.8, 4) is 0 Å². The highest BCUT2D eigenvalue weighted by molar-refractivity contribution is 5.76. The molecular weight excluding hydrogens is 228 g/mol. The fraction of sp³-hybridized carbons (Fsp3) is 0.462. The SMILES string of the molecule is CN1CCN(CC(N)=O)C(c2ccc(N)cc2)C1. The van der Waals surface area contributed by atoms with Gasteiger partial charge in [0, 0.05) is 31.4 Å². The van der Waals surface area contributed by atoms with Crippen LogP contribution in [0, 0.1) is 0 Å². The van der Waals surface area contributed by atoms with E-state index in [1.54, 1.807) is 0 Å². The lowest BCUT2D eigenvalue weighted by molar-refractivity contribution is -0.120. The Balaban J connectivity index is 2.19. The number of nitrogens with zero attached hydrogens (tertiary/aromatic N) is 2. The first-order valence-corrected chi connectivity index (χ1v) is 6.12. The molecule has 0 aromatic heterocycles. The zero-order valence-electron chi connectivity index (χ0n) is 10.7. The fourth-order valence-corrected chi connectivity index (χ4v) is 2.38. The van der Waals surface area contributed by atoms with Crippen molar-refractivity contribution in [1.29, 1.82) is 0 Å². The first-order chi connectivity index (χ1) is 8.56. The number of likely N-dealkylation sites (N-methyl/N-ethyl adjacent to an activating group) is 1. The van der Waals surface area contributed by atoms with Crippen LogP contribution in [-0.4, -0.2) is 48.9 Å². The summed E-state index contributed by atoms with van der Waals surface area (Å²) in [5.74, 6) is -0.278. The van der Waals surface area contributed by atoms with Gasteiger partial charge < -0.3 is 16.4 Å². The molecule has 1 aliphatic rings. The normalized spacial score (nSPS) is 21.9. The topological polar surface area (TPSA) is 75.6 Å². The summed E-state index contributed by atoms with van der Waals surface area (Å²) in [5.41, 5.74) is 12.9. The van der Waals surface area contributed by atoms with Gasteiger partial charge in [0.1, 0.15) is 0 Å². The zero-order valence-corrected chi connectivity index (χ0v) is 10.7. The number of anilines is 1. The van der Waals surface area contributed by atoms with Crippen molar-refractivity contribution in [3.63, 3.8) is 0 Å². The summed E-state index contributed by atoms with van der Waals surface area (Å²) in [5, 5.41) is 0. The highest BCUT2D eigenvalue weighted by Crippen LogP contribution is 2.25. The Morgan fingerprint density at radius 2 is 2.00 bits per heavy atom. The van der Waals surface area contributed by atoms with Gasteiger partial charge in [-0.3, -0.25) is 9.69 Å². The van der Waals surface area contributed by atoms with Crippen LogP contribution in [0.4, 0.5) is 5.69 Å². The summed E-state index contributed by atoms with van der Waals surface area (Å²) >= 11 is 0. The van der Waals surface area contributed by atoms with Gasteiger partial charge in [0.2, 0.25) is 5.91 Å². The van der Waals surface area contributed by atoms with E-state index < -0.39 is 0 Å². The van der Waals surface area contributed by atoms with Crippen molar-refractivity contribution in [2.75, 3.05) is 39.0 Å². The number of carbonyl (C=O) groups is 1. The second kappa shape index (κ2) is 5.37. The number of nitrogen functional groups attached to an aromatic ring is 1. The maximum absolute atomic E-state index is 11.1. The van der Waals surface area contributed by atoms with Crippen LogP contribution in [0.3, 0.4) is 0 Å². The standard InChI is InChI=1S/C13H20N4O/c1-16-6-7-17(9-13(15)18)12(8-16)10-2-4-11(14)5-3-10/h2-5,12H,6-9,14H2,1H3,(H2,15,18). The Labute approximate surface area is 107 Å². The number of piperazine rings is 1. The van der Waals surface area contributed by atoms with Crippen LogP contribution in [0.5, 0.6) is 0 Å². The molecule has 1 atom stereocenters.